The van der Waals surface area contributed by atoms with Crippen LogP contribution in [0, 0.1) is 0 Å². The lowest BCUT2D eigenvalue weighted by Crippen LogP contribution is -2.09. The van der Waals surface area contributed by atoms with E-state index >= 15 is 0 Å². The molecule has 1 rings (SSSR count). The lowest BCUT2D eigenvalue weighted by molar-refractivity contribution is 1.13. The van der Waals surface area contributed by atoms with Crippen molar-refractivity contribution >= 4 is 40.5 Å². The fourth-order valence-electron chi connectivity index (χ4n) is 0.861. The molecule has 1 aromatic rings. The van der Waals surface area contributed by atoms with Gasteiger partial charge in [-0.05, 0) is 12.1 Å². The van der Waals surface area contributed by atoms with Gasteiger partial charge in [0.15, 0.2) is 0 Å². The van der Waals surface area contributed by atoms with Crippen molar-refractivity contribution in [3.63, 3.8) is 0 Å². The van der Waals surface area contributed by atoms with E-state index in [0.29, 0.717) is 15.1 Å². The summed E-state index contributed by atoms with van der Waals surface area (Å²) in [5.74, 6) is 0. The highest BCUT2D eigenvalue weighted by atomic mass is 35.5. The molecule has 0 radical (unpaired) electrons. The topological polar surface area (TPSA) is 3.24 Å². The van der Waals surface area contributed by atoms with Gasteiger partial charge >= 0.3 is 0 Å². The molecule has 0 heterocycles. The van der Waals surface area contributed by atoms with Gasteiger partial charge in [0.05, 0.1) is 20.8 Å². The molecule has 0 aliphatic carbocycles. The van der Waals surface area contributed by atoms with Crippen molar-refractivity contribution in [1.29, 1.82) is 0 Å². The van der Waals surface area contributed by atoms with Crippen molar-refractivity contribution in [1.82, 2.24) is 0 Å². The second-order valence-electron chi connectivity index (χ2n) is 2.59. The van der Waals surface area contributed by atoms with E-state index < -0.39 is 0 Å². The van der Waals surface area contributed by atoms with Gasteiger partial charge in [-0.2, -0.15) is 0 Å². The first-order valence-corrected chi connectivity index (χ1v) is 4.48. The summed E-state index contributed by atoms with van der Waals surface area (Å²) in [5.41, 5.74) is 0.867. The molecule has 0 bridgehead atoms. The first-order chi connectivity index (χ1) is 5.54. The Labute approximate surface area is 86.8 Å². The van der Waals surface area contributed by atoms with Crippen molar-refractivity contribution in [2.45, 2.75) is 0 Å². The summed E-state index contributed by atoms with van der Waals surface area (Å²) in [6.07, 6.45) is 0. The molecule has 0 amide bonds. The van der Waals surface area contributed by atoms with Gasteiger partial charge in [-0.25, -0.2) is 0 Å². The third-order valence-corrected chi connectivity index (χ3v) is 2.78. The monoisotopic (exact) mass is 223 g/mol. The minimum atomic E-state index is 0.407. The maximum Gasteiger partial charge on any atom is 0.0840 e. The zero-order valence-corrected chi connectivity index (χ0v) is 9.00. The van der Waals surface area contributed by atoms with Gasteiger partial charge in [-0.3, -0.25) is 0 Å². The highest BCUT2D eigenvalue weighted by molar-refractivity contribution is 6.49. The number of hydrogen-bond acceptors (Lipinski definition) is 1. The van der Waals surface area contributed by atoms with Crippen LogP contribution in [0.1, 0.15) is 0 Å². The van der Waals surface area contributed by atoms with Crippen molar-refractivity contribution in [2.24, 2.45) is 0 Å². The molecule has 0 saturated heterocycles. The largest absolute Gasteiger partial charge is 0.376 e. The summed E-state index contributed by atoms with van der Waals surface area (Å²) in [4.78, 5) is 1.88. The minimum absolute atomic E-state index is 0.407. The summed E-state index contributed by atoms with van der Waals surface area (Å²) >= 11 is 17.5. The lowest BCUT2D eigenvalue weighted by Gasteiger charge is -2.15. The number of nitrogens with zero attached hydrogens (tertiary/aromatic N) is 1. The van der Waals surface area contributed by atoms with Crippen LogP contribution in [0.25, 0.3) is 0 Å². The second-order valence-corrected chi connectivity index (χ2v) is 3.75. The third-order valence-electron chi connectivity index (χ3n) is 1.50. The molecule has 0 aromatic heterocycles. The first kappa shape index (κ1) is 9.97. The van der Waals surface area contributed by atoms with E-state index in [1.165, 1.54) is 0 Å². The summed E-state index contributed by atoms with van der Waals surface area (Å²) < 4.78 is 0. The predicted octanol–water partition coefficient (Wildman–Crippen LogP) is 3.71. The van der Waals surface area contributed by atoms with Crippen LogP contribution in [0.3, 0.4) is 0 Å². The summed E-state index contributed by atoms with van der Waals surface area (Å²) in [6, 6.07) is 3.56. The molecule has 12 heavy (non-hydrogen) atoms. The van der Waals surface area contributed by atoms with E-state index in [9.17, 15) is 0 Å². The van der Waals surface area contributed by atoms with Gasteiger partial charge in [-0.15, -0.1) is 0 Å². The summed E-state index contributed by atoms with van der Waals surface area (Å²) in [7, 11) is 3.79. The first-order valence-electron chi connectivity index (χ1n) is 3.35. The smallest absolute Gasteiger partial charge is 0.0840 e. The molecule has 4 heteroatoms. The van der Waals surface area contributed by atoms with Gasteiger partial charge in [0.25, 0.3) is 0 Å². The molecular formula is C8H8Cl3N. The lowest BCUT2D eigenvalue weighted by atomic mass is 10.3. The van der Waals surface area contributed by atoms with Crippen molar-refractivity contribution in [2.75, 3.05) is 19.0 Å². The van der Waals surface area contributed by atoms with E-state index in [1.54, 1.807) is 6.07 Å². The quantitative estimate of drug-likeness (QED) is 0.657. The summed E-state index contributed by atoms with van der Waals surface area (Å²) in [5, 5.41) is 1.38. The van der Waals surface area contributed by atoms with E-state index in [-0.39, 0.29) is 0 Å². The molecule has 0 unspecified atom stereocenters. The van der Waals surface area contributed by atoms with Crippen molar-refractivity contribution < 1.29 is 0 Å². The standard InChI is InChI=1S/C8H8Cl3N/c1-12(2)6-4-3-5(9)7(10)8(6)11/h3-4H,1-2H3. The van der Waals surface area contributed by atoms with E-state index in [0.717, 1.165) is 5.69 Å². The molecule has 0 fully saturated rings. The van der Waals surface area contributed by atoms with E-state index in [4.69, 9.17) is 34.8 Å². The Hall–Kier alpha value is -0.110. The zero-order valence-electron chi connectivity index (χ0n) is 6.74. The van der Waals surface area contributed by atoms with Gasteiger partial charge in [0, 0.05) is 14.1 Å². The summed E-state index contributed by atoms with van der Waals surface area (Å²) in [6.45, 7) is 0. The highest BCUT2D eigenvalue weighted by Crippen LogP contribution is 2.36. The third kappa shape index (κ3) is 1.79. The number of anilines is 1. The number of benzene rings is 1. The number of halogens is 3. The zero-order chi connectivity index (χ0) is 9.30. The van der Waals surface area contributed by atoms with Gasteiger partial charge < -0.3 is 4.90 Å². The molecule has 0 spiro atoms. The molecule has 1 nitrogen and oxygen atoms in total. The molecule has 66 valence electrons. The second kappa shape index (κ2) is 3.73. The number of hydrogen-bond donors (Lipinski definition) is 0. The molecule has 0 aliphatic rings. The van der Waals surface area contributed by atoms with Crippen LogP contribution in [0.2, 0.25) is 15.1 Å². The Morgan fingerprint density at radius 1 is 1.00 bits per heavy atom. The Morgan fingerprint density at radius 3 is 2.08 bits per heavy atom. The molecular weight excluding hydrogens is 216 g/mol. The Bertz CT molecular complexity index is 297. The van der Waals surface area contributed by atoms with Crippen LogP contribution in [-0.2, 0) is 0 Å². The van der Waals surface area contributed by atoms with Crippen LogP contribution in [-0.4, -0.2) is 14.1 Å². The molecule has 1 aromatic carbocycles. The molecule has 0 saturated carbocycles. The normalized spacial score (nSPS) is 10.1. The molecule has 0 aliphatic heterocycles. The van der Waals surface area contributed by atoms with Crippen molar-refractivity contribution in [3.8, 4) is 0 Å². The van der Waals surface area contributed by atoms with Gasteiger partial charge in [0.1, 0.15) is 0 Å². The average Bonchev–Trinajstić information content (AvgIpc) is 2.00. The van der Waals surface area contributed by atoms with Gasteiger partial charge in [-0.1, -0.05) is 34.8 Å². The minimum Gasteiger partial charge on any atom is -0.376 e. The Balaban J connectivity index is 3.27. The van der Waals surface area contributed by atoms with Crippen molar-refractivity contribution in [3.05, 3.63) is 27.2 Å². The average molecular weight is 225 g/mol. The predicted molar refractivity (Wildman–Crippen MR) is 55.8 cm³/mol. The van der Waals surface area contributed by atoms with Crippen LogP contribution in [0.5, 0.6) is 0 Å². The van der Waals surface area contributed by atoms with Gasteiger partial charge in [0.2, 0.25) is 0 Å². The SMILES string of the molecule is CN(C)c1ccc(Cl)c(Cl)c1Cl. The fourth-order valence-corrected chi connectivity index (χ4v) is 1.56. The van der Waals surface area contributed by atoms with E-state index in [2.05, 4.69) is 0 Å². The number of rotatable bonds is 1. The Morgan fingerprint density at radius 2 is 1.58 bits per heavy atom. The van der Waals surface area contributed by atoms with Crippen LogP contribution < -0.4 is 4.90 Å². The highest BCUT2D eigenvalue weighted by Gasteiger charge is 2.09. The van der Waals surface area contributed by atoms with Crippen LogP contribution >= 0.6 is 34.8 Å². The molecule has 0 N–H and O–H groups in total. The Kier molecular flexibility index (Phi) is 3.10. The maximum atomic E-state index is 5.94. The maximum absolute atomic E-state index is 5.94. The van der Waals surface area contributed by atoms with E-state index in [1.807, 2.05) is 25.1 Å². The molecule has 0 atom stereocenters. The van der Waals surface area contributed by atoms with Crippen LogP contribution in [0.4, 0.5) is 5.69 Å². The fraction of sp³-hybridized carbons (Fsp3) is 0.250. The van der Waals surface area contributed by atoms with Crippen LogP contribution in [0.15, 0.2) is 12.1 Å².